The summed E-state index contributed by atoms with van der Waals surface area (Å²) in [6.07, 6.45) is 1.72. The van der Waals surface area contributed by atoms with E-state index in [-0.39, 0.29) is 6.03 Å². The Bertz CT molecular complexity index is 837. The van der Waals surface area contributed by atoms with Gasteiger partial charge in [0.2, 0.25) is 0 Å². The molecule has 0 radical (unpaired) electrons. The van der Waals surface area contributed by atoms with Crippen LogP contribution in [-0.4, -0.2) is 43.7 Å². The third kappa shape index (κ3) is 3.33. The minimum atomic E-state index is -0.488. The number of pyridine rings is 1. The number of anilines is 3. The average Bonchev–Trinajstić information content (AvgIpc) is 2.66. The molecule has 0 fully saturated rings. The van der Waals surface area contributed by atoms with Crippen LogP contribution in [0.15, 0.2) is 36.5 Å². The zero-order valence-electron chi connectivity index (χ0n) is 15.2. The number of benzene rings is 1. The maximum Gasteiger partial charge on any atom is 0.339 e. The second-order valence-electron chi connectivity index (χ2n) is 6.05. The van der Waals surface area contributed by atoms with E-state index in [1.165, 1.54) is 7.11 Å². The highest BCUT2D eigenvalue weighted by Crippen LogP contribution is 2.31. The maximum atomic E-state index is 12.9. The zero-order valence-corrected chi connectivity index (χ0v) is 15.2. The Morgan fingerprint density at radius 2 is 2.08 bits per heavy atom. The van der Waals surface area contributed by atoms with Crippen molar-refractivity contribution in [1.82, 2.24) is 4.98 Å². The monoisotopic (exact) mass is 354 g/mol. The minimum Gasteiger partial charge on any atom is -0.465 e. The number of methoxy groups -OCH3 is 1. The molecule has 0 spiro atoms. The van der Waals surface area contributed by atoms with Crippen LogP contribution in [0.1, 0.15) is 22.8 Å². The lowest BCUT2D eigenvalue weighted by Gasteiger charge is -2.36. The molecule has 0 saturated heterocycles. The summed E-state index contributed by atoms with van der Waals surface area (Å²) in [5.74, 6) is 0.298. The predicted octanol–water partition coefficient (Wildman–Crippen LogP) is 3.06. The molecule has 2 heterocycles. The Balaban J connectivity index is 1.90. The van der Waals surface area contributed by atoms with Crippen LogP contribution in [0.3, 0.4) is 0 Å². The smallest absolute Gasteiger partial charge is 0.339 e. The Labute approximate surface area is 152 Å². The minimum absolute atomic E-state index is 0.300. The third-order valence-electron chi connectivity index (χ3n) is 4.40. The molecule has 1 N–H and O–H groups in total. The number of nitrogens with one attached hydrogen (secondary N) is 1. The topological polar surface area (TPSA) is 74.8 Å². The van der Waals surface area contributed by atoms with E-state index in [2.05, 4.69) is 22.1 Å². The number of esters is 1. The number of urea groups is 1. The summed E-state index contributed by atoms with van der Waals surface area (Å²) in [7, 11) is 1.32. The number of hydrogen-bond acceptors (Lipinski definition) is 5. The quantitative estimate of drug-likeness (QED) is 0.858. The molecule has 1 aromatic heterocycles. The molecule has 26 heavy (non-hydrogen) atoms. The van der Waals surface area contributed by atoms with Gasteiger partial charge >= 0.3 is 12.0 Å². The molecule has 2 amide bonds. The van der Waals surface area contributed by atoms with E-state index in [4.69, 9.17) is 4.74 Å². The molecule has 3 rings (SSSR count). The molecule has 1 aliphatic heterocycles. The van der Waals surface area contributed by atoms with Gasteiger partial charge in [0.25, 0.3) is 0 Å². The summed E-state index contributed by atoms with van der Waals surface area (Å²) in [6.45, 7) is 6.02. The van der Waals surface area contributed by atoms with Gasteiger partial charge in [-0.2, -0.15) is 0 Å². The van der Waals surface area contributed by atoms with Gasteiger partial charge in [-0.25, -0.2) is 14.6 Å². The van der Waals surface area contributed by atoms with Gasteiger partial charge in [-0.3, -0.25) is 4.90 Å². The van der Waals surface area contributed by atoms with E-state index in [1.807, 2.05) is 19.1 Å². The van der Waals surface area contributed by atoms with Gasteiger partial charge in [-0.15, -0.1) is 0 Å². The lowest BCUT2D eigenvalue weighted by atomic mass is 10.1. The van der Waals surface area contributed by atoms with E-state index in [9.17, 15) is 9.59 Å². The van der Waals surface area contributed by atoms with Crippen molar-refractivity contribution < 1.29 is 14.3 Å². The first kappa shape index (κ1) is 17.7. The van der Waals surface area contributed by atoms with Crippen LogP contribution in [0, 0.1) is 6.92 Å². The highest BCUT2D eigenvalue weighted by molar-refractivity contribution is 6.07. The van der Waals surface area contributed by atoms with Gasteiger partial charge in [0.1, 0.15) is 0 Å². The van der Waals surface area contributed by atoms with Crippen LogP contribution in [0.4, 0.5) is 22.0 Å². The first-order valence-corrected chi connectivity index (χ1v) is 8.52. The summed E-state index contributed by atoms with van der Waals surface area (Å²) in [5, 5.41) is 2.85. The van der Waals surface area contributed by atoms with E-state index in [0.717, 1.165) is 23.6 Å². The van der Waals surface area contributed by atoms with Crippen LogP contribution < -0.4 is 15.1 Å². The van der Waals surface area contributed by atoms with E-state index in [0.29, 0.717) is 24.3 Å². The highest BCUT2D eigenvalue weighted by Gasteiger charge is 2.27. The van der Waals surface area contributed by atoms with Crippen LogP contribution >= 0.6 is 0 Å². The molecule has 0 unspecified atom stereocenters. The number of aryl methyl sites for hydroxylation is 1. The highest BCUT2D eigenvalue weighted by atomic mass is 16.5. The summed E-state index contributed by atoms with van der Waals surface area (Å²) in [5.41, 5.74) is 2.45. The van der Waals surface area contributed by atoms with E-state index >= 15 is 0 Å². The van der Waals surface area contributed by atoms with Gasteiger partial charge in [0.15, 0.2) is 5.82 Å². The Morgan fingerprint density at radius 3 is 2.81 bits per heavy atom. The number of carbonyl (C=O) groups excluding carboxylic acids is 2. The summed E-state index contributed by atoms with van der Waals surface area (Å²) in [4.78, 5) is 33.1. The first-order valence-electron chi connectivity index (χ1n) is 8.52. The van der Waals surface area contributed by atoms with Crippen LogP contribution in [0.5, 0.6) is 0 Å². The summed E-state index contributed by atoms with van der Waals surface area (Å²) >= 11 is 0. The molecule has 0 aliphatic carbocycles. The van der Waals surface area contributed by atoms with Crippen molar-refractivity contribution in [3.05, 3.63) is 47.7 Å². The molecule has 7 nitrogen and oxygen atoms in total. The number of rotatable bonds is 3. The normalized spacial score (nSPS) is 13.2. The number of amides is 2. The predicted molar refractivity (Wildman–Crippen MR) is 101 cm³/mol. The fraction of sp³-hybridized carbons (Fsp3) is 0.316. The SMILES string of the molecule is CCN1CCN(C(=O)Nc2cc(C)ccc2C(=O)OC)c2cccnc21. The second kappa shape index (κ2) is 7.43. The van der Waals surface area contributed by atoms with Crippen molar-refractivity contribution in [2.24, 2.45) is 0 Å². The summed E-state index contributed by atoms with van der Waals surface area (Å²) < 4.78 is 4.81. The molecular formula is C19H22N4O3. The average molecular weight is 354 g/mol. The number of ether oxygens (including phenoxy) is 1. The Kier molecular flexibility index (Phi) is 5.06. The standard InChI is InChI=1S/C19H22N4O3/c1-4-22-10-11-23(16-6-5-9-20-17(16)22)19(25)21-15-12-13(2)7-8-14(15)18(24)26-3/h5-9,12H,4,10-11H2,1-3H3,(H,21,25). The van der Waals surface area contributed by atoms with Crippen molar-refractivity contribution >= 4 is 29.2 Å². The lowest BCUT2D eigenvalue weighted by Crippen LogP contribution is -2.46. The molecule has 1 aromatic carbocycles. The maximum absolute atomic E-state index is 12.9. The molecule has 2 aromatic rings. The number of aromatic nitrogens is 1. The number of carbonyl (C=O) groups is 2. The molecule has 1 aliphatic rings. The Morgan fingerprint density at radius 1 is 1.27 bits per heavy atom. The van der Waals surface area contributed by atoms with Crippen LogP contribution in [0.25, 0.3) is 0 Å². The fourth-order valence-electron chi connectivity index (χ4n) is 3.04. The molecule has 7 heteroatoms. The van der Waals surface area contributed by atoms with Crippen molar-refractivity contribution in [3.63, 3.8) is 0 Å². The molecular weight excluding hydrogens is 332 g/mol. The largest absolute Gasteiger partial charge is 0.465 e. The molecule has 0 atom stereocenters. The Hall–Kier alpha value is -3.09. The third-order valence-corrected chi connectivity index (χ3v) is 4.40. The second-order valence-corrected chi connectivity index (χ2v) is 6.05. The van der Waals surface area contributed by atoms with Crippen molar-refractivity contribution in [2.45, 2.75) is 13.8 Å². The number of fused-ring (bicyclic) bond motifs is 1. The van der Waals surface area contributed by atoms with Gasteiger partial charge < -0.3 is 15.0 Å². The van der Waals surface area contributed by atoms with E-state index in [1.54, 1.807) is 29.3 Å². The van der Waals surface area contributed by atoms with Gasteiger partial charge in [-0.05, 0) is 43.7 Å². The lowest BCUT2D eigenvalue weighted by molar-refractivity contribution is 0.0602. The number of likely N-dealkylation sites (N-methyl/N-ethyl adjacent to an activating group) is 1. The van der Waals surface area contributed by atoms with Gasteiger partial charge in [-0.1, -0.05) is 6.07 Å². The van der Waals surface area contributed by atoms with Crippen LogP contribution in [0.2, 0.25) is 0 Å². The number of nitrogens with zero attached hydrogens (tertiary/aromatic N) is 3. The number of hydrogen-bond donors (Lipinski definition) is 1. The first-order chi connectivity index (χ1) is 12.5. The molecule has 0 bridgehead atoms. The van der Waals surface area contributed by atoms with Gasteiger partial charge in [0.05, 0.1) is 24.0 Å². The van der Waals surface area contributed by atoms with E-state index < -0.39 is 5.97 Å². The van der Waals surface area contributed by atoms with Gasteiger partial charge in [0, 0.05) is 25.8 Å². The zero-order chi connectivity index (χ0) is 18.7. The summed E-state index contributed by atoms with van der Waals surface area (Å²) in [6, 6.07) is 8.61. The molecule has 0 saturated carbocycles. The van der Waals surface area contributed by atoms with Crippen molar-refractivity contribution in [1.29, 1.82) is 0 Å². The molecule has 136 valence electrons. The fourth-order valence-corrected chi connectivity index (χ4v) is 3.04. The van der Waals surface area contributed by atoms with Crippen molar-refractivity contribution in [3.8, 4) is 0 Å². The van der Waals surface area contributed by atoms with Crippen molar-refractivity contribution in [2.75, 3.05) is 41.9 Å². The van der Waals surface area contributed by atoms with Crippen LogP contribution in [-0.2, 0) is 4.74 Å².